The van der Waals surface area contributed by atoms with Crippen LogP contribution in [0.3, 0.4) is 0 Å². The number of fused-ring (bicyclic) bond motifs is 1. The normalized spacial score (nSPS) is 21.1. The van der Waals surface area contributed by atoms with Crippen molar-refractivity contribution in [2.75, 3.05) is 19.6 Å². The van der Waals surface area contributed by atoms with E-state index in [-0.39, 0.29) is 29.8 Å². The molecule has 2 aliphatic rings. The van der Waals surface area contributed by atoms with Gasteiger partial charge < -0.3 is 20.2 Å². The molecule has 3 rings (SSSR count). The van der Waals surface area contributed by atoms with Crippen LogP contribution in [-0.4, -0.2) is 69.7 Å². The maximum atomic E-state index is 12.5. The van der Waals surface area contributed by atoms with E-state index >= 15 is 0 Å². The number of aliphatic carboxylic acids is 1. The van der Waals surface area contributed by atoms with E-state index in [1.807, 2.05) is 31.1 Å². The minimum Gasteiger partial charge on any atom is -0.475 e. The Morgan fingerprint density at radius 2 is 1.97 bits per heavy atom. The molecule has 29 heavy (non-hydrogen) atoms. The number of aryl methyl sites for hydroxylation is 1. The second-order valence-electron chi connectivity index (χ2n) is 7.26. The first kappa shape index (κ1) is 22.9. The molecule has 1 aromatic heterocycles. The fourth-order valence-electron chi connectivity index (χ4n) is 3.27. The minimum absolute atomic E-state index is 0.0438. The first-order chi connectivity index (χ1) is 13.4. The van der Waals surface area contributed by atoms with Crippen LogP contribution in [0.25, 0.3) is 0 Å². The molecule has 8 nitrogen and oxygen atoms in total. The standard InChI is InChI=1S/C15H22N4O2S.C2HF3O2/c1-9(2)16-15(21)19-5-11-4-18(14(20)13(11)7-19)6-12-8-22-10(3)17-12;3-2(4,5)1(6)7/h8-9,11,13H,4-7H2,1-3H3,(H,16,21);(H,6,7)/t11-,13+;/m1./s1. The van der Waals surface area contributed by atoms with E-state index in [9.17, 15) is 22.8 Å². The first-order valence-electron chi connectivity index (χ1n) is 8.93. The third kappa shape index (κ3) is 6.05. The van der Waals surface area contributed by atoms with Crippen LogP contribution in [0.2, 0.25) is 0 Å². The minimum atomic E-state index is -5.08. The topological polar surface area (TPSA) is 103 Å². The summed E-state index contributed by atoms with van der Waals surface area (Å²) in [5, 5.41) is 13.1. The van der Waals surface area contributed by atoms with Gasteiger partial charge in [0.25, 0.3) is 0 Å². The second kappa shape index (κ2) is 8.97. The number of nitrogens with one attached hydrogen (secondary N) is 1. The van der Waals surface area contributed by atoms with Crippen molar-refractivity contribution < 1.29 is 32.7 Å². The Morgan fingerprint density at radius 1 is 1.34 bits per heavy atom. The molecule has 0 bridgehead atoms. The van der Waals surface area contributed by atoms with Crippen LogP contribution >= 0.6 is 11.3 Å². The van der Waals surface area contributed by atoms with Crippen LogP contribution in [0.4, 0.5) is 18.0 Å². The molecule has 2 saturated heterocycles. The molecule has 0 unspecified atom stereocenters. The van der Waals surface area contributed by atoms with E-state index in [4.69, 9.17) is 9.90 Å². The smallest absolute Gasteiger partial charge is 0.475 e. The number of halogens is 3. The zero-order chi connectivity index (χ0) is 21.9. The Kier molecular flexibility index (Phi) is 7.09. The van der Waals surface area contributed by atoms with Gasteiger partial charge in [-0.2, -0.15) is 13.2 Å². The molecule has 2 fully saturated rings. The number of hydrogen-bond donors (Lipinski definition) is 2. The van der Waals surface area contributed by atoms with Gasteiger partial charge in [0.1, 0.15) is 0 Å². The van der Waals surface area contributed by atoms with Gasteiger partial charge in [0.2, 0.25) is 5.91 Å². The maximum Gasteiger partial charge on any atom is 0.490 e. The van der Waals surface area contributed by atoms with Gasteiger partial charge in [-0.15, -0.1) is 11.3 Å². The van der Waals surface area contributed by atoms with Gasteiger partial charge in [-0.1, -0.05) is 0 Å². The number of carbonyl (C=O) groups is 3. The summed E-state index contributed by atoms with van der Waals surface area (Å²) in [5.41, 5.74) is 0.963. The third-order valence-corrected chi connectivity index (χ3v) is 5.31. The summed E-state index contributed by atoms with van der Waals surface area (Å²) in [6.45, 7) is 8.38. The van der Waals surface area contributed by atoms with Crippen LogP contribution in [0, 0.1) is 18.8 Å². The number of alkyl halides is 3. The highest BCUT2D eigenvalue weighted by Crippen LogP contribution is 2.33. The average Bonchev–Trinajstić information content (AvgIpc) is 3.25. The molecular weight excluding hydrogens is 413 g/mol. The Morgan fingerprint density at radius 3 is 2.41 bits per heavy atom. The number of amides is 3. The fraction of sp³-hybridized carbons (Fsp3) is 0.647. The quantitative estimate of drug-likeness (QED) is 0.756. The molecule has 3 heterocycles. The highest BCUT2D eigenvalue weighted by molar-refractivity contribution is 7.09. The van der Waals surface area contributed by atoms with Crippen LogP contribution in [0.1, 0.15) is 24.5 Å². The lowest BCUT2D eigenvalue weighted by Gasteiger charge is -2.22. The number of carbonyl (C=O) groups excluding carboxylic acids is 2. The fourth-order valence-corrected chi connectivity index (χ4v) is 3.87. The van der Waals surface area contributed by atoms with Gasteiger partial charge in [-0.3, -0.25) is 4.79 Å². The lowest BCUT2D eigenvalue weighted by molar-refractivity contribution is -0.192. The number of urea groups is 1. The molecule has 12 heteroatoms. The molecular formula is C17H23F3N4O4S. The van der Waals surface area contributed by atoms with Crippen molar-refractivity contribution in [2.24, 2.45) is 11.8 Å². The summed E-state index contributed by atoms with van der Waals surface area (Å²) >= 11 is 1.61. The molecule has 0 saturated carbocycles. The first-order valence-corrected chi connectivity index (χ1v) is 9.81. The van der Waals surface area contributed by atoms with Gasteiger partial charge in [0, 0.05) is 37.0 Å². The zero-order valence-corrected chi connectivity index (χ0v) is 17.0. The van der Waals surface area contributed by atoms with Crippen molar-refractivity contribution in [2.45, 2.75) is 39.5 Å². The van der Waals surface area contributed by atoms with Crippen LogP contribution < -0.4 is 5.32 Å². The summed E-state index contributed by atoms with van der Waals surface area (Å²) in [4.78, 5) is 41.6. The van der Waals surface area contributed by atoms with Crippen molar-refractivity contribution in [3.63, 3.8) is 0 Å². The van der Waals surface area contributed by atoms with E-state index in [0.29, 0.717) is 19.6 Å². The molecule has 0 aliphatic carbocycles. The zero-order valence-electron chi connectivity index (χ0n) is 16.2. The molecule has 0 aromatic carbocycles. The molecule has 3 amide bonds. The number of carboxylic acid groups (broad SMARTS) is 1. The Hall–Kier alpha value is -2.37. The SMILES string of the molecule is Cc1nc(CN2C[C@@H]3CN(C(=O)NC(C)C)C[C@@H]3C2=O)cs1.O=C(O)C(F)(F)F. The summed E-state index contributed by atoms with van der Waals surface area (Å²) in [6, 6.07) is 0.0620. The Labute approximate surface area is 169 Å². The van der Waals surface area contributed by atoms with Crippen molar-refractivity contribution in [1.82, 2.24) is 20.1 Å². The van der Waals surface area contributed by atoms with E-state index in [1.165, 1.54) is 0 Å². The van der Waals surface area contributed by atoms with Crippen molar-refractivity contribution >= 4 is 29.2 Å². The van der Waals surface area contributed by atoms with E-state index in [1.54, 1.807) is 16.2 Å². The summed E-state index contributed by atoms with van der Waals surface area (Å²) < 4.78 is 31.7. The number of likely N-dealkylation sites (tertiary alicyclic amines) is 2. The third-order valence-electron chi connectivity index (χ3n) is 4.49. The lowest BCUT2D eigenvalue weighted by Crippen LogP contribution is -2.43. The van der Waals surface area contributed by atoms with E-state index in [0.717, 1.165) is 17.2 Å². The van der Waals surface area contributed by atoms with Gasteiger partial charge in [-0.05, 0) is 20.8 Å². The summed E-state index contributed by atoms with van der Waals surface area (Å²) in [6.07, 6.45) is -5.08. The van der Waals surface area contributed by atoms with Crippen LogP contribution in [0.15, 0.2) is 5.38 Å². The Bertz CT molecular complexity index is 768. The predicted molar refractivity (Wildman–Crippen MR) is 98.2 cm³/mol. The number of rotatable bonds is 3. The Balaban J connectivity index is 0.000000370. The lowest BCUT2D eigenvalue weighted by atomic mass is 10.0. The second-order valence-corrected chi connectivity index (χ2v) is 8.32. The number of thiazole rings is 1. The molecule has 1 aromatic rings. The number of nitrogens with zero attached hydrogens (tertiary/aromatic N) is 3. The number of carboxylic acids is 1. The van der Waals surface area contributed by atoms with Gasteiger partial charge in [0.15, 0.2) is 0 Å². The number of hydrogen-bond acceptors (Lipinski definition) is 5. The molecule has 2 atom stereocenters. The van der Waals surface area contributed by atoms with Gasteiger partial charge >= 0.3 is 18.2 Å². The van der Waals surface area contributed by atoms with E-state index < -0.39 is 12.1 Å². The molecule has 2 N–H and O–H groups in total. The van der Waals surface area contributed by atoms with Crippen LogP contribution in [-0.2, 0) is 16.1 Å². The largest absolute Gasteiger partial charge is 0.490 e. The molecule has 0 spiro atoms. The van der Waals surface area contributed by atoms with Crippen LogP contribution in [0.5, 0.6) is 0 Å². The van der Waals surface area contributed by atoms with Gasteiger partial charge in [-0.25, -0.2) is 14.6 Å². The molecule has 2 aliphatic heterocycles. The average molecular weight is 436 g/mol. The highest BCUT2D eigenvalue weighted by Gasteiger charge is 2.47. The highest BCUT2D eigenvalue weighted by atomic mass is 32.1. The summed E-state index contributed by atoms with van der Waals surface area (Å²) in [5.74, 6) is -2.38. The molecule has 162 valence electrons. The predicted octanol–water partition coefficient (Wildman–Crippen LogP) is 2.09. The van der Waals surface area contributed by atoms with Crippen molar-refractivity contribution in [1.29, 1.82) is 0 Å². The molecule has 0 radical (unpaired) electrons. The van der Waals surface area contributed by atoms with Crippen molar-refractivity contribution in [3.05, 3.63) is 16.1 Å². The maximum absolute atomic E-state index is 12.5. The van der Waals surface area contributed by atoms with E-state index in [2.05, 4.69) is 10.3 Å². The van der Waals surface area contributed by atoms with Crippen molar-refractivity contribution in [3.8, 4) is 0 Å². The van der Waals surface area contributed by atoms with Gasteiger partial charge in [0.05, 0.1) is 23.2 Å². The summed E-state index contributed by atoms with van der Waals surface area (Å²) in [7, 11) is 0. The monoisotopic (exact) mass is 436 g/mol. The number of aromatic nitrogens is 1.